The van der Waals surface area contributed by atoms with Crippen LogP contribution in [0.3, 0.4) is 0 Å². The van der Waals surface area contributed by atoms with E-state index in [4.69, 9.17) is 4.74 Å². The van der Waals surface area contributed by atoms with Gasteiger partial charge in [0.05, 0.1) is 5.76 Å². The Labute approximate surface area is 292 Å². The number of fused-ring (bicyclic) bond motifs is 1. The molecule has 0 amide bonds. The Kier molecular flexibility index (Phi) is 20.1. The molecular weight excluding hydrogens is 556 g/mol. The molecule has 1 heteroatoms. The lowest BCUT2D eigenvalue weighted by Gasteiger charge is -2.54. The van der Waals surface area contributed by atoms with Gasteiger partial charge in [-0.2, -0.15) is 0 Å². The van der Waals surface area contributed by atoms with Gasteiger partial charge in [-0.15, -0.1) is 6.58 Å². The van der Waals surface area contributed by atoms with E-state index in [1.807, 2.05) is 19.9 Å². The fourth-order valence-corrected chi connectivity index (χ4v) is 9.65. The molecule has 0 aromatic rings. The summed E-state index contributed by atoms with van der Waals surface area (Å²) in [5, 5.41) is 0. The average molecular weight is 643 g/mol. The van der Waals surface area contributed by atoms with E-state index in [1.54, 1.807) is 0 Å². The molecule has 272 valence electrons. The van der Waals surface area contributed by atoms with Crippen LogP contribution in [-0.4, -0.2) is 6.10 Å². The highest BCUT2D eigenvalue weighted by Crippen LogP contribution is 2.73. The summed E-state index contributed by atoms with van der Waals surface area (Å²) in [5.41, 5.74) is 1.24. The molecule has 0 aliphatic heterocycles. The number of rotatable bonds is 12. The van der Waals surface area contributed by atoms with Gasteiger partial charge in [0.2, 0.25) is 0 Å². The van der Waals surface area contributed by atoms with Gasteiger partial charge >= 0.3 is 0 Å². The molecule has 5 rings (SSSR count). The van der Waals surface area contributed by atoms with E-state index in [9.17, 15) is 0 Å². The minimum atomic E-state index is 0.283. The first-order valence-corrected chi connectivity index (χ1v) is 20.8. The molecule has 0 saturated heterocycles. The smallest absolute Gasteiger partial charge is 0.104 e. The fraction of sp³-hybridized carbons (Fsp3) is 0.911. The lowest BCUT2D eigenvalue weighted by Crippen LogP contribution is -2.51. The molecule has 5 fully saturated rings. The Morgan fingerprint density at radius 2 is 1.43 bits per heavy atom. The summed E-state index contributed by atoms with van der Waals surface area (Å²) in [6.07, 6.45) is 28.6. The third kappa shape index (κ3) is 12.3. The summed E-state index contributed by atoms with van der Waals surface area (Å²) >= 11 is 0. The summed E-state index contributed by atoms with van der Waals surface area (Å²) in [5.74, 6) is 6.91. The number of hydrogen-bond acceptors (Lipinski definition) is 1. The van der Waals surface area contributed by atoms with Crippen LogP contribution in [0.1, 0.15) is 205 Å². The van der Waals surface area contributed by atoms with Crippen molar-refractivity contribution in [1.29, 1.82) is 0 Å². The maximum Gasteiger partial charge on any atom is 0.104 e. The van der Waals surface area contributed by atoms with Crippen LogP contribution >= 0.6 is 0 Å². The van der Waals surface area contributed by atoms with E-state index in [2.05, 4.69) is 82.4 Å². The maximum absolute atomic E-state index is 6.64. The predicted octanol–water partition coefficient (Wildman–Crippen LogP) is 15.4. The quantitative estimate of drug-likeness (QED) is 0.0890. The average Bonchev–Trinajstić information content (AvgIpc) is 3.32. The van der Waals surface area contributed by atoms with Crippen molar-refractivity contribution in [1.82, 2.24) is 0 Å². The number of allylic oxidation sites excluding steroid dienone is 2. The molecule has 5 saturated carbocycles. The zero-order chi connectivity index (χ0) is 35.0. The highest BCUT2D eigenvalue weighted by molar-refractivity contribution is 5.25. The van der Waals surface area contributed by atoms with Gasteiger partial charge in [-0.05, 0) is 92.3 Å². The lowest BCUT2D eigenvalue weighted by atomic mass is 9.53. The highest BCUT2D eigenvalue weighted by atomic mass is 16.5. The minimum Gasteiger partial charge on any atom is -0.494 e. The zero-order valence-electron chi connectivity index (χ0n) is 33.9. The van der Waals surface area contributed by atoms with Gasteiger partial charge < -0.3 is 4.74 Å². The van der Waals surface area contributed by atoms with Gasteiger partial charge in [0.15, 0.2) is 0 Å². The van der Waals surface area contributed by atoms with Crippen molar-refractivity contribution in [3.63, 3.8) is 0 Å². The first-order chi connectivity index (χ1) is 21.8. The Morgan fingerprint density at radius 1 is 0.848 bits per heavy atom. The van der Waals surface area contributed by atoms with Crippen LogP contribution in [0.5, 0.6) is 0 Å². The van der Waals surface area contributed by atoms with E-state index in [1.165, 1.54) is 122 Å². The second-order valence-corrected chi connectivity index (χ2v) is 17.5. The van der Waals surface area contributed by atoms with Crippen LogP contribution < -0.4 is 0 Å². The Bertz CT molecular complexity index is 813. The third-order valence-electron chi connectivity index (χ3n) is 12.7. The molecule has 5 aliphatic rings. The molecule has 0 heterocycles. The van der Waals surface area contributed by atoms with Crippen molar-refractivity contribution >= 4 is 0 Å². The topological polar surface area (TPSA) is 9.23 Å². The normalized spacial score (nSPS) is 34.3. The first-order valence-electron chi connectivity index (χ1n) is 20.8. The van der Waals surface area contributed by atoms with Crippen molar-refractivity contribution in [3.05, 3.63) is 25.0 Å². The maximum atomic E-state index is 6.64. The van der Waals surface area contributed by atoms with Crippen LogP contribution in [0.25, 0.3) is 0 Å². The van der Waals surface area contributed by atoms with Crippen molar-refractivity contribution < 1.29 is 4.74 Å². The van der Waals surface area contributed by atoms with E-state index < -0.39 is 0 Å². The number of unbranched alkanes of at least 4 members (excludes halogenated alkanes) is 4. The molecule has 1 spiro atoms. The van der Waals surface area contributed by atoms with E-state index in [-0.39, 0.29) is 5.41 Å². The van der Waals surface area contributed by atoms with E-state index in [0.717, 1.165) is 41.3 Å². The largest absolute Gasteiger partial charge is 0.494 e. The molecule has 5 aliphatic carbocycles. The minimum absolute atomic E-state index is 0.283. The van der Waals surface area contributed by atoms with Gasteiger partial charge in [-0.1, -0.05) is 166 Å². The molecule has 8 atom stereocenters. The highest BCUT2D eigenvalue weighted by Gasteiger charge is 2.68. The molecule has 2 bridgehead atoms. The Balaban J connectivity index is 0.000000353. The summed E-state index contributed by atoms with van der Waals surface area (Å²) in [7, 11) is 0. The van der Waals surface area contributed by atoms with Gasteiger partial charge in [0.1, 0.15) is 6.10 Å². The molecule has 0 aromatic carbocycles. The molecular formula is C45H86O. The molecule has 8 unspecified atom stereocenters. The number of hydrogen-bond donors (Lipinski definition) is 0. The summed E-state index contributed by atoms with van der Waals surface area (Å²) in [6, 6.07) is 0. The molecule has 1 nitrogen and oxygen atoms in total. The summed E-state index contributed by atoms with van der Waals surface area (Å²) < 4.78 is 6.64. The SMILES string of the molecule is C=C(OC1CC2CC3C(C)CC13C2)C1(CCC)CC1(C)C.C=CCCCCC.CC.CC1CCCC(C)CC1.CCCCC(C)C. The van der Waals surface area contributed by atoms with Crippen molar-refractivity contribution in [2.75, 3.05) is 0 Å². The van der Waals surface area contributed by atoms with Crippen LogP contribution in [0.4, 0.5) is 0 Å². The molecule has 0 N–H and O–H groups in total. The van der Waals surface area contributed by atoms with E-state index >= 15 is 0 Å². The van der Waals surface area contributed by atoms with Gasteiger partial charge in [-0.25, -0.2) is 0 Å². The van der Waals surface area contributed by atoms with Gasteiger partial charge in [0.25, 0.3) is 0 Å². The third-order valence-corrected chi connectivity index (χ3v) is 12.7. The second-order valence-electron chi connectivity index (χ2n) is 17.5. The zero-order valence-corrected chi connectivity index (χ0v) is 33.9. The van der Waals surface area contributed by atoms with Gasteiger partial charge in [0, 0.05) is 10.8 Å². The molecule has 0 radical (unpaired) electrons. The summed E-state index contributed by atoms with van der Waals surface area (Å²) in [4.78, 5) is 0. The van der Waals surface area contributed by atoms with Gasteiger partial charge in [-0.3, -0.25) is 0 Å². The summed E-state index contributed by atoms with van der Waals surface area (Å²) in [6.45, 7) is 35.4. The van der Waals surface area contributed by atoms with Crippen LogP contribution in [-0.2, 0) is 4.74 Å². The van der Waals surface area contributed by atoms with E-state index in [0.29, 0.717) is 16.9 Å². The van der Waals surface area contributed by atoms with Crippen molar-refractivity contribution in [2.45, 2.75) is 211 Å². The monoisotopic (exact) mass is 643 g/mol. The van der Waals surface area contributed by atoms with Crippen LogP contribution in [0.2, 0.25) is 0 Å². The predicted molar refractivity (Wildman–Crippen MR) is 208 cm³/mol. The van der Waals surface area contributed by atoms with Crippen LogP contribution in [0.15, 0.2) is 25.0 Å². The molecule has 46 heavy (non-hydrogen) atoms. The Morgan fingerprint density at radius 3 is 1.87 bits per heavy atom. The first kappa shape index (κ1) is 43.3. The number of ether oxygens (including phenoxy) is 1. The second kappa shape index (κ2) is 21.4. The molecule has 0 aromatic heterocycles. The standard InChI is InChI=1S/C20H32O.C9H18.C7H16.C7H14.C2H6/c1-6-7-20(12-18(20,4)5)14(3)21-17-9-15-8-16-13(2)10-19(16,17)11-15;1-8-4-3-5-9(2)7-6-8;1-4-5-6-7(2)3;1-3-5-7-6-4-2;1-2/h13,15-17H,3,6-12H2,1-2,4-5H3;8-9H,3-7H2,1-2H3;7H,4-6H2,1-3H3;3H,1,4-7H2,2H3;1-2H3. The fourth-order valence-electron chi connectivity index (χ4n) is 9.65. The van der Waals surface area contributed by atoms with Crippen LogP contribution in [0, 0.1) is 51.8 Å². The Hall–Kier alpha value is -0.720. The van der Waals surface area contributed by atoms with Crippen molar-refractivity contribution in [2.24, 2.45) is 51.8 Å². The van der Waals surface area contributed by atoms with Crippen molar-refractivity contribution in [3.8, 4) is 0 Å². The lowest BCUT2D eigenvalue weighted by molar-refractivity contribution is -0.121.